The van der Waals surface area contributed by atoms with Crippen molar-refractivity contribution in [1.82, 2.24) is 9.97 Å². The minimum absolute atomic E-state index is 0.154. The smallest absolute Gasteiger partial charge is 0.126 e. The highest BCUT2D eigenvalue weighted by Gasteiger charge is 2.20. The second kappa shape index (κ2) is 6.46. The molecule has 0 bridgehead atoms. The maximum Gasteiger partial charge on any atom is 0.126 e. The first kappa shape index (κ1) is 17.1. The van der Waals surface area contributed by atoms with Crippen molar-refractivity contribution in [1.29, 1.82) is 0 Å². The number of nitrogens with zero attached hydrogens (tertiary/aromatic N) is 1. The second-order valence-electron chi connectivity index (χ2n) is 6.49. The van der Waals surface area contributed by atoms with Gasteiger partial charge in [0, 0.05) is 11.1 Å². The zero-order valence-corrected chi connectivity index (χ0v) is 14.0. The Morgan fingerprint density at radius 1 is 1.13 bits per heavy atom. The Morgan fingerprint density at radius 2 is 1.78 bits per heavy atom. The molecule has 0 aliphatic rings. The number of hydrogen-bond donors (Lipinski definition) is 4. The third-order valence-electron chi connectivity index (χ3n) is 4.07. The molecular weight excluding hydrogens is 292 g/mol. The van der Waals surface area contributed by atoms with Crippen LogP contribution in [-0.4, -0.2) is 30.9 Å². The summed E-state index contributed by atoms with van der Waals surface area (Å²) in [5, 5.41) is 30.9. The summed E-state index contributed by atoms with van der Waals surface area (Å²) in [7, 11) is 0. The van der Waals surface area contributed by atoms with Crippen LogP contribution in [0.4, 0.5) is 0 Å². The molecule has 0 atom stereocenters. The van der Waals surface area contributed by atoms with Crippen LogP contribution in [0.3, 0.4) is 0 Å². The van der Waals surface area contributed by atoms with Gasteiger partial charge in [-0.15, -0.1) is 0 Å². The largest absolute Gasteiger partial charge is 0.507 e. The van der Waals surface area contributed by atoms with Gasteiger partial charge in [-0.2, -0.15) is 0 Å². The van der Waals surface area contributed by atoms with E-state index in [1.54, 1.807) is 52.4 Å². The van der Waals surface area contributed by atoms with Crippen molar-refractivity contribution in [3.05, 3.63) is 40.5 Å². The van der Waals surface area contributed by atoms with E-state index in [2.05, 4.69) is 9.97 Å². The lowest BCUT2D eigenvalue weighted by molar-refractivity contribution is 0.0712. The Labute approximate surface area is 136 Å². The molecule has 0 aliphatic carbocycles. The second-order valence-corrected chi connectivity index (χ2v) is 6.49. The van der Waals surface area contributed by atoms with Gasteiger partial charge in [0.1, 0.15) is 11.5 Å². The van der Waals surface area contributed by atoms with Crippen molar-refractivity contribution in [3.63, 3.8) is 0 Å². The van der Waals surface area contributed by atoms with E-state index in [1.807, 2.05) is 0 Å². The molecule has 0 radical (unpaired) electrons. The Hall–Kier alpha value is -2.27. The average molecular weight is 316 g/mol. The third kappa shape index (κ3) is 3.93. The molecule has 2 aromatic rings. The number of nitrogens with one attached hydrogen (secondary N) is 1. The van der Waals surface area contributed by atoms with E-state index in [-0.39, 0.29) is 11.5 Å². The van der Waals surface area contributed by atoms with Crippen LogP contribution in [-0.2, 0) is 6.42 Å². The zero-order chi connectivity index (χ0) is 17.2. The Kier molecular flexibility index (Phi) is 4.80. The number of aromatic amines is 1. The van der Waals surface area contributed by atoms with Crippen LogP contribution < -0.4 is 0 Å². The van der Waals surface area contributed by atoms with Gasteiger partial charge >= 0.3 is 0 Å². The zero-order valence-electron chi connectivity index (χ0n) is 14.0. The van der Waals surface area contributed by atoms with Crippen LogP contribution in [0.5, 0.6) is 11.5 Å². The molecule has 0 saturated heterocycles. The number of rotatable bonds is 5. The van der Waals surface area contributed by atoms with Crippen LogP contribution in [0.1, 0.15) is 48.2 Å². The molecule has 23 heavy (non-hydrogen) atoms. The van der Waals surface area contributed by atoms with Gasteiger partial charge in [-0.05, 0) is 63.8 Å². The van der Waals surface area contributed by atoms with Crippen molar-refractivity contribution in [2.45, 2.75) is 46.1 Å². The summed E-state index contributed by atoms with van der Waals surface area (Å²) in [6.07, 6.45) is 7.75. The molecule has 5 heteroatoms. The number of aliphatic hydroxyl groups is 1. The first-order valence-corrected chi connectivity index (χ1v) is 7.63. The Balaban J connectivity index is 2.49. The highest BCUT2D eigenvalue weighted by atomic mass is 16.3. The molecule has 0 aliphatic heterocycles. The molecule has 1 aromatic heterocycles. The number of imidazole rings is 1. The van der Waals surface area contributed by atoms with Crippen LogP contribution in [0.2, 0.25) is 0 Å². The van der Waals surface area contributed by atoms with Crippen molar-refractivity contribution in [2.24, 2.45) is 0 Å². The monoisotopic (exact) mass is 316 g/mol. The van der Waals surface area contributed by atoms with Gasteiger partial charge < -0.3 is 20.3 Å². The Morgan fingerprint density at radius 3 is 2.35 bits per heavy atom. The summed E-state index contributed by atoms with van der Waals surface area (Å²) in [4.78, 5) is 6.91. The molecule has 5 nitrogen and oxygen atoms in total. The van der Waals surface area contributed by atoms with Crippen LogP contribution in [0.15, 0.2) is 12.5 Å². The molecule has 4 N–H and O–H groups in total. The fourth-order valence-electron chi connectivity index (χ4n) is 2.45. The number of phenols is 2. The molecule has 0 amide bonds. The van der Waals surface area contributed by atoms with Gasteiger partial charge in [0.25, 0.3) is 0 Å². The van der Waals surface area contributed by atoms with E-state index in [1.165, 1.54) is 0 Å². The van der Waals surface area contributed by atoms with Crippen molar-refractivity contribution >= 4 is 12.2 Å². The van der Waals surface area contributed by atoms with Gasteiger partial charge in [0.2, 0.25) is 0 Å². The predicted molar refractivity (Wildman–Crippen MR) is 91.4 cm³/mol. The molecule has 0 fully saturated rings. The van der Waals surface area contributed by atoms with Crippen molar-refractivity contribution in [2.75, 3.05) is 0 Å². The van der Waals surface area contributed by atoms with E-state index < -0.39 is 5.60 Å². The van der Waals surface area contributed by atoms with Gasteiger partial charge in [0.05, 0.1) is 23.8 Å². The van der Waals surface area contributed by atoms with Crippen molar-refractivity contribution in [3.8, 4) is 11.5 Å². The molecule has 124 valence electrons. The fourth-order valence-corrected chi connectivity index (χ4v) is 2.45. The van der Waals surface area contributed by atoms with E-state index >= 15 is 0 Å². The normalized spacial score (nSPS) is 12.2. The number of benzene rings is 1. The SMILES string of the molecule is Cc1c(C)c(O)c(CCC(C)(C)O)c(C=Cc2cnc[nH]2)c1O. The van der Waals surface area contributed by atoms with Crippen LogP contribution >= 0.6 is 0 Å². The summed E-state index contributed by atoms with van der Waals surface area (Å²) in [5.74, 6) is 0.329. The molecule has 0 unspecified atom stereocenters. The molecule has 2 rings (SSSR count). The molecule has 1 aromatic carbocycles. The summed E-state index contributed by atoms with van der Waals surface area (Å²) < 4.78 is 0. The van der Waals surface area contributed by atoms with Gasteiger partial charge in [0.15, 0.2) is 0 Å². The number of aromatic hydroxyl groups is 2. The van der Waals surface area contributed by atoms with E-state index in [9.17, 15) is 15.3 Å². The number of aromatic nitrogens is 2. The molecule has 1 heterocycles. The summed E-state index contributed by atoms with van der Waals surface area (Å²) >= 11 is 0. The van der Waals surface area contributed by atoms with Gasteiger partial charge in [-0.25, -0.2) is 4.98 Å². The predicted octanol–water partition coefficient (Wildman–Crippen LogP) is 3.31. The summed E-state index contributed by atoms with van der Waals surface area (Å²) in [6.45, 7) is 7.01. The van der Waals surface area contributed by atoms with Crippen LogP contribution in [0, 0.1) is 13.8 Å². The van der Waals surface area contributed by atoms with E-state index in [4.69, 9.17) is 0 Å². The fraction of sp³-hybridized carbons (Fsp3) is 0.389. The Bertz CT molecular complexity index is 711. The lowest BCUT2D eigenvalue weighted by Gasteiger charge is -2.20. The number of H-pyrrole nitrogens is 1. The molecular formula is C18H24N2O3. The maximum atomic E-state index is 10.5. The molecule has 0 spiro atoms. The summed E-state index contributed by atoms with van der Waals surface area (Å²) in [6, 6.07) is 0. The topological polar surface area (TPSA) is 89.4 Å². The first-order chi connectivity index (χ1) is 10.7. The minimum Gasteiger partial charge on any atom is -0.507 e. The standard InChI is InChI=1S/C18H24N2O3/c1-11-12(2)17(22)15(7-8-18(3,4)23)14(16(11)21)6-5-13-9-19-10-20-13/h5-6,9-10,21-23H,7-8H2,1-4H3,(H,19,20). The minimum atomic E-state index is -0.842. The van der Waals surface area contributed by atoms with E-state index in [0.717, 1.165) is 5.69 Å². The highest BCUT2D eigenvalue weighted by molar-refractivity contribution is 5.76. The first-order valence-electron chi connectivity index (χ1n) is 7.63. The van der Waals surface area contributed by atoms with E-state index in [0.29, 0.717) is 35.1 Å². The van der Waals surface area contributed by atoms with Gasteiger partial charge in [-0.1, -0.05) is 0 Å². The summed E-state index contributed by atoms with van der Waals surface area (Å²) in [5.41, 5.74) is 2.49. The number of hydrogen-bond acceptors (Lipinski definition) is 4. The maximum absolute atomic E-state index is 10.5. The average Bonchev–Trinajstić information content (AvgIpc) is 2.98. The quantitative estimate of drug-likeness (QED) is 0.637. The molecule has 0 saturated carbocycles. The lowest BCUT2D eigenvalue weighted by Crippen LogP contribution is -2.19. The lowest BCUT2D eigenvalue weighted by atomic mass is 9.90. The van der Waals surface area contributed by atoms with Gasteiger partial charge in [-0.3, -0.25) is 0 Å². The highest BCUT2D eigenvalue weighted by Crippen LogP contribution is 2.39. The third-order valence-corrected chi connectivity index (χ3v) is 4.07. The van der Waals surface area contributed by atoms with Crippen molar-refractivity contribution < 1.29 is 15.3 Å². The number of phenolic OH excluding ortho intramolecular Hbond substituents is 2. The van der Waals surface area contributed by atoms with Crippen LogP contribution in [0.25, 0.3) is 12.2 Å².